The van der Waals surface area contributed by atoms with Crippen LogP contribution in [0, 0.1) is 5.82 Å². The molecule has 1 amide bonds. The summed E-state index contributed by atoms with van der Waals surface area (Å²) in [5.41, 5.74) is 6.72. The van der Waals surface area contributed by atoms with E-state index in [0.29, 0.717) is 4.47 Å². The van der Waals surface area contributed by atoms with Crippen molar-refractivity contribution < 1.29 is 13.9 Å². The van der Waals surface area contributed by atoms with E-state index in [-0.39, 0.29) is 11.9 Å². The van der Waals surface area contributed by atoms with Crippen LogP contribution in [0.15, 0.2) is 16.6 Å². The summed E-state index contributed by atoms with van der Waals surface area (Å²) in [4.78, 5) is 10.7. The number of hydrogen-bond donors (Lipinski definition) is 1. The summed E-state index contributed by atoms with van der Waals surface area (Å²) < 4.78 is 18.8. The zero-order chi connectivity index (χ0) is 11.7. The molecular formula is C11H11BrFNO2. The monoisotopic (exact) mass is 287 g/mol. The lowest BCUT2D eigenvalue weighted by Crippen LogP contribution is -2.21. The molecule has 0 radical (unpaired) electrons. The van der Waals surface area contributed by atoms with Crippen molar-refractivity contribution in [2.45, 2.75) is 25.4 Å². The second kappa shape index (κ2) is 4.41. The smallest absolute Gasteiger partial charge is 0.405 e. The van der Waals surface area contributed by atoms with E-state index in [4.69, 9.17) is 10.5 Å². The molecule has 2 rings (SSSR count). The van der Waals surface area contributed by atoms with Gasteiger partial charge in [-0.05, 0) is 52.4 Å². The summed E-state index contributed by atoms with van der Waals surface area (Å²) in [6.45, 7) is 0. The lowest BCUT2D eigenvalue weighted by atomic mass is 9.89. The maximum Gasteiger partial charge on any atom is 0.405 e. The van der Waals surface area contributed by atoms with Crippen molar-refractivity contribution in [2.75, 3.05) is 0 Å². The Morgan fingerprint density at radius 2 is 2.31 bits per heavy atom. The Morgan fingerprint density at radius 3 is 3.00 bits per heavy atom. The molecule has 0 heterocycles. The van der Waals surface area contributed by atoms with Crippen LogP contribution in [-0.2, 0) is 11.2 Å². The number of nitrogens with two attached hydrogens (primary N) is 1. The van der Waals surface area contributed by atoms with Crippen LogP contribution in [0.25, 0.3) is 0 Å². The lowest BCUT2D eigenvalue weighted by Gasteiger charge is -2.25. The molecular weight excluding hydrogens is 277 g/mol. The first-order valence-electron chi connectivity index (χ1n) is 5.02. The Bertz CT molecular complexity index is 436. The number of ether oxygens (including phenoxy) is 1. The number of halogens is 2. The summed E-state index contributed by atoms with van der Waals surface area (Å²) in [5, 5.41) is 0. The van der Waals surface area contributed by atoms with Gasteiger partial charge in [-0.25, -0.2) is 9.18 Å². The quantitative estimate of drug-likeness (QED) is 0.863. The number of carbonyl (C=O) groups excluding carboxylic acids is 1. The van der Waals surface area contributed by atoms with E-state index in [1.54, 1.807) is 6.07 Å². The van der Waals surface area contributed by atoms with Gasteiger partial charge in [0.1, 0.15) is 11.9 Å². The molecule has 2 N–H and O–H groups in total. The van der Waals surface area contributed by atoms with Gasteiger partial charge in [-0.15, -0.1) is 0 Å². The number of fused-ring (bicyclic) bond motifs is 1. The zero-order valence-corrected chi connectivity index (χ0v) is 10.1. The number of benzene rings is 1. The standard InChI is InChI=1S/C11H11BrFNO2/c12-10-7-2-1-3-9(16-11(14)15)6(7)4-5-8(10)13/h4-5,9H,1-3H2,(H2,14,15). The van der Waals surface area contributed by atoms with Crippen molar-refractivity contribution in [2.24, 2.45) is 5.73 Å². The third-order valence-corrected chi connectivity index (χ3v) is 3.59. The summed E-state index contributed by atoms with van der Waals surface area (Å²) >= 11 is 3.21. The molecule has 3 nitrogen and oxygen atoms in total. The fourth-order valence-corrected chi connectivity index (χ4v) is 2.60. The van der Waals surface area contributed by atoms with Crippen molar-refractivity contribution in [3.63, 3.8) is 0 Å². The molecule has 5 heteroatoms. The normalized spacial score (nSPS) is 19.0. The fraction of sp³-hybridized carbons (Fsp3) is 0.364. The first kappa shape index (κ1) is 11.4. The summed E-state index contributed by atoms with van der Waals surface area (Å²) in [7, 11) is 0. The summed E-state index contributed by atoms with van der Waals surface area (Å²) in [5.74, 6) is -0.293. The van der Waals surface area contributed by atoms with Gasteiger partial charge in [0.25, 0.3) is 0 Å². The van der Waals surface area contributed by atoms with E-state index in [9.17, 15) is 9.18 Å². The van der Waals surface area contributed by atoms with Gasteiger partial charge in [0.2, 0.25) is 0 Å². The number of hydrogen-bond acceptors (Lipinski definition) is 2. The zero-order valence-electron chi connectivity index (χ0n) is 8.50. The molecule has 0 saturated carbocycles. The van der Waals surface area contributed by atoms with Crippen molar-refractivity contribution >= 4 is 22.0 Å². The Morgan fingerprint density at radius 1 is 1.56 bits per heavy atom. The van der Waals surface area contributed by atoms with Crippen LogP contribution in [0.5, 0.6) is 0 Å². The minimum absolute atomic E-state index is 0.293. The molecule has 1 aromatic carbocycles. The second-order valence-corrected chi connectivity index (χ2v) is 4.54. The summed E-state index contributed by atoms with van der Waals surface area (Å²) in [6, 6.07) is 3.02. The highest BCUT2D eigenvalue weighted by Crippen LogP contribution is 2.37. The Labute approximate surface area is 101 Å². The topological polar surface area (TPSA) is 52.3 Å². The number of amides is 1. The first-order valence-corrected chi connectivity index (χ1v) is 5.81. The minimum Gasteiger partial charge on any atom is -0.442 e. The van der Waals surface area contributed by atoms with Crippen LogP contribution in [0.1, 0.15) is 30.1 Å². The van der Waals surface area contributed by atoms with Crippen LogP contribution < -0.4 is 5.73 Å². The Hall–Kier alpha value is -1.10. The molecule has 0 bridgehead atoms. The Kier molecular flexibility index (Phi) is 3.14. The molecule has 0 spiro atoms. The minimum atomic E-state index is -0.793. The number of rotatable bonds is 1. The van der Waals surface area contributed by atoms with Gasteiger partial charge in [-0.2, -0.15) is 0 Å². The van der Waals surface area contributed by atoms with Crippen molar-refractivity contribution in [3.05, 3.63) is 33.5 Å². The summed E-state index contributed by atoms with van der Waals surface area (Å²) in [6.07, 6.45) is 1.23. The van der Waals surface area contributed by atoms with Crippen LogP contribution in [0.3, 0.4) is 0 Å². The van der Waals surface area contributed by atoms with E-state index in [2.05, 4.69) is 15.9 Å². The average Bonchev–Trinajstić information content (AvgIpc) is 2.23. The van der Waals surface area contributed by atoms with Gasteiger partial charge in [-0.1, -0.05) is 6.07 Å². The predicted molar refractivity (Wildman–Crippen MR) is 60.4 cm³/mol. The predicted octanol–water partition coefficient (Wildman–Crippen LogP) is 3.06. The highest BCUT2D eigenvalue weighted by Gasteiger charge is 2.25. The van der Waals surface area contributed by atoms with Crippen LogP contribution in [0.4, 0.5) is 9.18 Å². The van der Waals surface area contributed by atoms with Gasteiger partial charge in [-0.3, -0.25) is 0 Å². The third-order valence-electron chi connectivity index (χ3n) is 2.73. The molecule has 0 fully saturated rings. The molecule has 0 saturated heterocycles. The number of primary amides is 1. The van der Waals surface area contributed by atoms with Gasteiger partial charge in [0, 0.05) is 0 Å². The van der Waals surface area contributed by atoms with Gasteiger partial charge in [0.05, 0.1) is 4.47 Å². The molecule has 1 aliphatic carbocycles. The molecule has 1 aliphatic rings. The Balaban J connectivity index is 2.39. The number of carbonyl (C=O) groups is 1. The molecule has 86 valence electrons. The molecule has 16 heavy (non-hydrogen) atoms. The van der Waals surface area contributed by atoms with E-state index in [1.165, 1.54) is 6.07 Å². The first-order chi connectivity index (χ1) is 7.59. The van der Waals surface area contributed by atoms with E-state index in [1.807, 2.05) is 0 Å². The van der Waals surface area contributed by atoms with Crippen LogP contribution >= 0.6 is 15.9 Å². The lowest BCUT2D eigenvalue weighted by molar-refractivity contribution is 0.0957. The molecule has 1 atom stereocenters. The van der Waals surface area contributed by atoms with E-state index >= 15 is 0 Å². The van der Waals surface area contributed by atoms with Crippen molar-refractivity contribution in [1.29, 1.82) is 0 Å². The highest BCUT2D eigenvalue weighted by atomic mass is 79.9. The largest absolute Gasteiger partial charge is 0.442 e. The SMILES string of the molecule is NC(=O)OC1CCCc2c1ccc(F)c2Br. The maximum atomic E-state index is 13.3. The van der Waals surface area contributed by atoms with Crippen LogP contribution in [-0.4, -0.2) is 6.09 Å². The van der Waals surface area contributed by atoms with Crippen molar-refractivity contribution in [1.82, 2.24) is 0 Å². The second-order valence-electron chi connectivity index (χ2n) is 3.75. The average molecular weight is 288 g/mol. The van der Waals surface area contributed by atoms with Gasteiger partial charge in [0.15, 0.2) is 0 Å². The fourth-order valence-electron chi connectivity index (χ4n) is 2.05. The third kappa shape index (κ3) is 2.04. The maximum absolute atomic E-state index is 13.3. The molecule has 1 unspecified atom stereocenters. The van der Waals surface area contributed by atoms with E-state index < -0.39 is 6.09 Å². The van der Waals surface area contributed by atoms with Gasteiger partial charge >= 0.3 is 6.09 Å². The van der Waals surface area contributed by atoms with Gasteiger partial charge < -0.3 is 10.5 Å². The molecule has 1 aromatic rings. The van der Waals surface area contributed by atoms with E-state index in [0.717, 1.165) is 30.4 Å². The molecule has 0 aromatic heterocycles. The highest BCUT2D eigenvalue weighted by molar-refractivity contribution is 9.10. The molecule has 0 aliphatic heterocycles. The van der Waals surface area contributed by atoms with Crippen molar-refractivity contribution in [3.8, 4) is 0 Å². The van der Waals surface area contributed by atoms with Crippen LogP contribution in [0.2, 0.25) is 0 Å².